The summed E-state index contributed by atoms with van der Waals surface area (Å²) in [5.41, 5.74) is 5.25. The molecule has 0 aromatic carbocycles. The molecule has 0 saturated carbocycles. The van der Waals surface area contributed by atoms with Crippen molar-refractivity contribution in [3.05, 3.63) is 0 Å². The zero-order chi connectivity index (χ0) is 13.1. The van der Waals surface area contributed by atoms with E-state index in [4.69, 9.17) is 10.5 Å². The van der Waals surface area contributed by atoms with E-state index in [2.05, 4.69) is 4.72 Å². The molecular weight excluding hydrogens is 254 g/mol. The molecule has 6 nitrogen and oxygen atoms in total. The summed E-state index contributed by atoms with van der Waals surface area (Å²) in [7, 11) is -3.41. The van der Waals surface area contributed by atoms with E-state index in [0.717, 1.165) is 19.3 Å². The maximum absolute atomic E-state index is 12.3. The fourth-order valence-electron chi connectivity index (χ4n) is 2.55. The van der Waals surface area contributed by atoms with E-state index >= 15 is 0 Å². The Morgan fingerprint density at radius 1 is 1.17 bits per heavy atom. The van der Waals surface area contributed by atoms with E-state index in [1.165, 1.54) is 0 Å². The third-order valence-corrected chi connectivity index (χ3v) is 5.58. The first-order valence-corrected chi connectivity index (χ1v) is 8.09. The molecule has 0 bridgehead atoms. The molecular formula is C11H23N3O3S. The monoisotopic (exact) mass is 277 g/mol. The van der Waals surface area contributed by atoms with Crippen LogP contribution in [0, 0.1) is 0 Å². The Kier molecular flexibility index (Phi) is 4.60. The summed E-state index contributed by atoms with van der Waals surface area (Å²) in [6, 6.07) is 0. The van der Waals surface area contributed by atoms with E-state index < -0.39 is 15.7 Å². The molecule has 0 radical (unpaired) electrons. The third kappa shape index (κ3) is 3.21. The van der Waals surface area contributed by atoms with Crippen LogP contribution in [0.25, 0.3) is 0 Å². The van der Waals surface area contributed by atoms with Crippen molar-refractivity contribution in [3.63, 3.8) is 0 Å². The van der Waals surface area contributed by atoms with Crippen molar-refractivity contribution in [1.82, 2.24) is 9.03 Å². The second-order valence-electron chi connectivity index (χ2n) is 5.16. The molecule has 0 unspecified atom stereocenters. The minimum absolute atomic E-state index is 0.323. The van der Waals surface area contributed by atoms with Crippen molar-refractivity contribution >= 4 is 10.2 Å². The van der Waals surface area contributed by atoms with Gasteiger partial charge in [0, 0.05) is 32.8 Å². The largest absolute Gasteiger partial charge is 0.381 e. The highest BCUT2D eigenvalue weighted by molar-refractivity contribution is 7.87. The van der Waals surface area contributed by atoms with E-state index in [9.17, 15) is 8.42 Å². The predicted octanol–water partition coefficient (Wildman–Crippen LogP) is -0.185. The zero-order valence-corrected chi connectivity index (χ0v) is 11.5. The van der Waals surface area contributed by atoms with Gasteiger partial charge in [-0.3, -0.25) is 0 Å². The molecule has 0 atom stereocenters. The van der Waals surface area contributed by atoms with E-state index in [-0.39, 0.29) is 0 Å². The molecule has 0 aliphatic carbocycles. The molecule has 0 aromatic rings. The van der Waals surface area contributed by atoms with Crippen LogP contribution < -0.4 is 10.5 Å². The first-order chi connectivity index (χ1) is 8.58. The Hall–Kier alpha value is -0.210. The number of piperidine rings is 1. The molecule has 2 fully saturated rings. The van der Waals surface area contributed by atoms with Gasteiger partial charge in [-0.25, -0.2) is 0 Å². The average Bonchev–Trinajstić information content (AvgIpc) is 2.40. The SMILES string of the molecule is NCC1(NS(=O)(=O)N2CCCCC2)CCOCC1. The number of ether oxygens (including phenoxy) is 1. The van der Waals surface area contributed by atoms with E-state index in [1.807, 2.05) is 0 Å². The number of hydrogen-bond donors (Lipinski definition) is 2. The fraction of sp³-hybridized carbons (Fsp3) is 1.00. The Bertz CT molecular complexity index is 360. The lowest BCUT2D eigenvalue weighted by atomic mass is 9.92. The van der Waals surface area contributed by atoms with Crippen molar-refractivity contribution in [2.75, 3.05) is 32.8 Å². The summed E-state index contributed by atoms with van der Waals surface area (Å²) in [4.78, 5) is 0. The quantitative estimate of drug-likeness (QED) is 0.746. The summed E-state index contributed by atoms with van der Waals surface area (Å²) >= 11 is 0. The lowest BCUT2D eigenvalue weighted by molar-refractivity contribution is 0.0494. The normalized spacial score (nSPS) is 26.1. The minimum Gasteiger partial charge on any atom is -0.381 e. The number of rotatable bonds is 4. The molecule has 3 N–H and O–H groups in total. The summed E-state index contributed by atoms with van der Waals surface area (Å²) in [5, 5.41) is 0. The van der Waals surface area contributed by atoms with Crippen molar-refractivity contribution in [2.24, 2.45) is 5.73 Å². The van der Waals surface area contributed by atoms with Gasteiger partial charge < -0.3 is 10.5 Å². The predicted molar refractivity (Wildman–Crippen MR) is 69.3 cm³/mol. The van der Waals surface area contributed by atoms with Gasteiger partial charge in [0.15, 0.2) is 0 Å². The Morgan fingerprint density at radius 2 is 1.78 bits per heavy atom. The van der Waals surface area contributed by atoms with Crippen molar-refractivity contribution in [2.45, 2.75) is 37.6 Å². The molecule has 0 amide bonds. The van der Waals surface area contributed by atoms with Gasteiger partial charge in [0.1, 0.15) is 0 Å². The van der Waals surface area contributed by atoms with Crippen molar-refractivity contribution < 1.29 is 13.2 Å². The van der Waals surface area contributed by atoms with E-state index in [0.29, 0.717) is 45.7 Å². The summed E-state index contributed by atoms with van der Waals surface area (Å²) in [5.74, 6) is 0. The number of nitrogens with one attached hydrogen (secondary N) is 1. The number of nitrogens with zero attached hydrogens (tertiary/aromatic N) is 1. The van der Waals surface area contributed by atoms with Crippen LogP contribution in [0.2, 0.25) is 0 Å². The molecule has 7 heteroatoms. The summed E-state index contributed by atoms with van der Waals surface area (Å²) in [6.45, 7) is 2.70. The lowest BCUT2D eigenvalue weighted by Gasteiger charge is -2.38. The van der Waals surface area contributed by atoms with Gasteiger partial charge >= 0.3 is 0 Å². The highest BCUT2D eigenvalue weighted by Gasteiger charge is 2.37. The maximum atomic E-state index is 12.3. The number of nitrogens with two attached hydrogens (primary N) is 1. The van der Waals surface area contributed by atoms with Crippen molar-refractivity contribution in [3.8, 4) is 0 Å². The topological polar surface area (TPSA) is 84.7 Å². The van der Waals surface area contributed by atoms with Gasteiger partial charge in [-0.15, -0.1) is 0 Å². The third-order valence-electron chi connectivity index (χ3n) is 3.84. The van der Waals surface area contributed by atoms with Crippen molar-refractivity contribution in [1.29, 1.82) is 0 Å². The van der Waals surface area contributed by atoms with Crippen LogP contribution in [-0.2, 0) is 14.9 Å². The molecule has 2 aliphatic heterocycles. The molecule has 106 valence electrons. The van der Waals surface area contributed by atoms with Gasteiger partial charge in [0.25, 0.3) is 10.2 Å². The molecule has 0 spiro atoms. The number of hydrogen-bond acceptors (Lipinski definition) is 4. The minimum atomic E-state index is -3.41. The molecule has 2 rings (SSSR count). The highest BCUT2D eigenvalue weighted by atomic mass is 32.2. The van der Waals surface area contributed by atoms with Gasteiger partial charge in [-0.05, 0) is 25.7 Å². The summed E-state index contributed by atoms with van der Waals surface area (Å²) < 4.78 is 34.3. The smallest absolute Gasteiger partial charge is 0.280 e. The van der Waals surface area contributed by atoms with Crippen LogP contribution in [0.4, 0.5) is 0 Å². The van der Waals surface area contributed by atoms with Crippen LogP contribution in [0.3, 0.4) is 0 Å². The Labute approximate surface area is 109 Å². The molecule has 2 heterocycles. The van der Waals surface area contributed by atoms with E-state index in [1.54, 1.807) is 4.31 Å². The van der Waals surface area contributed by atoms with Gasteiger partial charge in [0.05, 0.1) is 5.54 Å². The second-order valence-corrected chi connectivity index (χ2v) is 6.83. The molecule has 0 aromatic heterocycles. The maximum Gasteiger partial charge on any atom is 0.280 e. The highest BCUT2D eigenvalue weighted by Crippen LogP contribution is 2.22. The van der Waals surface area contributed by atoms with Gasteiger partial charge in [0.2, 0.25) is 0 Å². The first kappa shape index (κ1) is 14.2. The standard InChI is InChI=1S/C11H23N3O3S/c12-10-11(4-8-17-9-5-11)13-18(15,16)14-6-2-1-3-7-14/h13H,1-10,12H2. The first-order valence-electron chi connectivity index (χ1n) is 6.65. The molecule has 2 saturated heterocycles. The molecule has 18 heavy (non-hydrogen) atoms. The van der Waals surface area contributed by atoms with Gasteiger partial charge in [-0.2, -0.15) is 17.4 Å². The van der Waals surface area contributed by atoms with Crippen LogP contribution >= 0.6 is 0 Å². The lowest BCUT2D eigenvalue weighted by Crippen LogP contribution is -2.60. The van der Waals surface area contributed by atoms with Gasteiger partial charge in [-0.1, -0.05) is 6.42 Å². The van der Waals surface area contributed by atoms with Crippen LogP contribution in [0.1, 0.15) is 32.1 Å². The Morgan fingerprint density at radius 3 is 2.33 bits per heavy atom. The Balaban J connectivity index is 2.05. The van der Waals surface area contributed by atoms with Crippen LogP contribution in [0.15, 0.2) is 0 Å². The molecule has 2 aliphatic rings. The fourth-order valence-corrected chi connectivity index (χ4v) is 4.26. The average molecular weight is 277 g/mol. The summed E-state index contributed by atoms with van der Waals surface area (Å²) in [6.07, 6.45) is 4.30. The van der Waals surface area contributed by atoms with Crippen LogP contribution in [0.5, 0.6) is 0 Å². The zero-order valence-electron chi connectivity index (χ0n) is 10.7. The van der Waals surface area contributed by atoms with Crippen LogP contribution in [-0.4, -0.2) is 51.1 Å². The second kappa shape index (κ2) is 5.83.